The Morgan fingerprint density at radius 1 is 0.903 bits per heavy atom. The lowest BCUT2D eigenvalue weighted by Gasteiger charge is -2.34. The summed E-state index contributed by atoms with van der Waals surface area (Å²) in [5.41, 5.74) is 2.13. The molecule has 1 saturated heterocycles. The summed E-state index contributed by atoms with van der Waals surface area (Å²) < 4.78 is 27.5. The van der Waals surface area contributed by atoms with Crippen LogP contribution in [0.4, 0.5) is 0 Å². The van der Waals surface area contributed by atoms with Crippen molar-refractivity contribution in [1.82, 2.24) is 14.1 Å². The Hall–Kier alpha value is -3.04. The van der Waals surface area contributed by atoms with Gasteiger partial charge in [0, 0.05) is 26.2 Å². The van der Waals surface area contributed by atoms with Crippen molar-refractivity contribution in [3.63, 3.8) is 0 Å². The van der Waals surface area contributed by atoms with Crippen LogP contribution in [0.3, 0.4) is 0 Å². The van der Waals surface area contributed by atoms with Crippen molar-refractivity contribution in [2.24, 2.45) is 0 Å². The second kappa shape index (κ2) is 7.90. The van der Waals surface area contributed by atoms with E-state index in [-0.39, 0.29) is 43.5 Å². The van der Waals surface area contributed by atoms with E-state index in [1.807, 2.05) is 13.0 Å². The van der Waals surface area contributed by atoms with Crippen molar-refractivity contribution in [3.8, 4) is 0 Å². The zero-order valence-electron chi connectivity index (χ0n) is 17.4. The van der Waals surface area contributed by atoms with Gasteiger partial charge in [0.2, 0.25) is 15.9 Å². The molecular weight excluding hydrogens is 418 g/mol. The van der Waals surface area contributed by atoms with E-state index in [2.05, 4.69) is 0 Å². The number of carbonyl (C=O) groups is 3. The third kappa shape index (κ3) is 3.75. The second-order valence-corrected chi connectivity index (χ2v) is 9.70. The van der Waals surface area contributed by atoms with E-state index in [1.165, 1.54) is 9.21 Å². The molecule has 0 aliphatic carbocycles. The highest BCUT2D eigenvalue weighted by Crippen LogP contribution is 2.24. The maximum absolute atomic E-state index is 13.1. The highest BCUT2D eigenvalue weighted by Gasteiger charge is 2.38. The fourth-order valence-electron chi connectivity index (χ4n) is 3.92. The molecule has 8 nitrogen and oxygen atoms in total. The standard InChI is InChI=1S/C22H23N3O5S/c1-15-7-8-16(2)19(13-15)31(29,30)24-11-9-23(10-12-24)20(26)14-25-21(27)17-5-3-4-6-18(17)22(25)28/h3-8,13H,9-12,14H2,1-2H3. The van der Waals surface area contributed by atoms with Gasteiger partial charge in [0.25, 0.3) is 11.8 Å². The van der Waals surface area contributed by atoms with Gasteiger partial charge in [-0.25, -0.2) is 8.42 Å². The molecule has 1 fully saturated rings. The predicted molar refractivity (Wildman–Crippen MR) is 113 cm³/mol. The first kappa shape index (κ1) is 21.2. The summed E-state index contributed by atoms with van der Waals surface area (Å²) in [5, 5.41) is 0. The Morgan fingerprint density at radius 3 is 2.06 bits per heavy atom. The van der Waals surface area contributed by atoms with Crippen LogP contribution in [-0.2, 0) is 14.8 Å². The number of amides is 3. The molecule has 0 N–H and O–H groups in total. The lowest BCUT2D eigenvalue weighted by Crippen LogP contribution is -2.53. The largest absolute Gasteiger partial charge is 0.338 e. The molecule has 2 heterocycles. The normalized spacial score (nSPS) is 17.2. The molecule has 31 heavy (non-hydrogen) atoms. The van der Waals surface area contributed by atoms with Crippen LogP contribution in [0, 0.1) is 13.8 Å². The Kier molecular flexibility index (Phi) is 5.40. The van der Waals surface area contributed by atoms with Crippen molar-refractivity contribution in [3.05, 3.63) is 64.7 Å². The number of sulfonamides is 1. The number of piperazine rings is 1. The van der Waals surface area contributed by atoms with Gasteiger partial charge >= 0.3 is 0 Å². The summed E-state index contributed by atoms with van der Waals surface area (Å²) in [6, 6.07) is 11.8. The Labute approximate surface area is 181 Å². The minimum Gasteiger partial charge on any atom is -0.338 e. The lowest BCUT2D eigenvalue weighted by atomic mass is 10.1. The molecule has 0 radical (unpaired) electrons. The SMILES string of the molecule is Cc1ccc(C)c(S(=O)(=O)N2CCN(C(=O)CN3C(=O)c4ccccc4C3=O)CC2)c1. The quantitative estimate of drug-likeness (QED) is 0.669. The molecule has 2 aromatic rings. The molecular formula is C22H23N3O5S. The third-order valence-electron chi connectivity index (χ3n) is 5.72. The molecule has 0 atom stereocenters. The van der Waals surface area contributed by atoms with Gasteiger partial charge in [-0.05, 0) is 43.2 Å². The molecule has 3 amide bonds. The minimum atomic E-state index is -3.66. The number of hydrogen-bond donors (Lipinski definition) is 0. The number of nitrogens with zero attached hydrogens (tertiary/aromatic N) is 3. The third-order valence-corrected chi connectivity index (χ3v) is 7.76. The summed E-state index contributed by atoms with van der Waals surface area (Å²) >= 11 is 0. The predicted octanol–water partition coefficient (Wildman–Crippen LogP) is 1.43. The van der Waals surface area contributed by atoms with E-state index < -0.39 is 21.8 Å². The molecule has 0 unspecified atom stereocenters. The molecule has 0 bridgehead atoms. The van der Waals surface area contributed by atoms with Gasteiger partial charge < -0.3 is 4.90 Å². The molecule has 2 aliphatic rings. The number of fused-ring (bicyclic) bond motifs is 1. The zero-order chi connectivity index (χ0) is 22.3. The van der Waals surface area contributed by atoms with Gasteiger partial charge in [0.05, 0.1) is 16.0 Å². The van der Waals surface area contributed by atoms with E-state index in [1.54, 1.807) is 43.3 Å². The highest BCUT2D eigenvalue weighted by atomic mass is 32.2. The fraction of sp³-hybridized carbons (Fsp3) is 0.318. The first-order valence-corrected chi connectivity index (χ1v) is 11.4. The number of carbonyl (C=O) groups excluding carboxylic acids is 3. The number of imide groups is 1. The summed E-state index contributed by atoms with van der Waals surface area (Å²) in [4.78, 5) is 40.4. The van der Waals surface area contributed by atoms with E-state index in [9.17, 15) is 22.8 Å². The smallest absolute Gasteiger partial charge is 0.262 e. The maximum atomic E-state index is 13.1. The number of benzene rings is 2. The maximum Gasteiger partial charge on any atom is 0.262 e. The monoisotopic (exact) mass is 441 g/mol. The van der Waals surface area contributed by atoms with Crippen LogP contribution >= 0.6 is 0 Å². The second-order valence-electron chi connectivity index (χ2n) is 7.80. The van der Waals surface area contributed by atoms with E-state index in [0.717, 1.165) is 10.5 Å². The molecule has 2 aliphatic heterocycles. The van der Waals surface area contributed by atoms with Crippen LogP contribution in [0.15, 0.2) is 47.4 Å². The van der Waals surface area contributed by atoms with Gasteiger partial charge in [-0.3, -0.25) is 19.3 Å². The molecule has 0 spiro atoms. The van der Waals surface area contributed by atoms with E-state index in [4.69, 9.17) is 0 Å². The average molecular weight is 442 g/mol. The van der Waals surface area contributed by atoms with Crippen LogP contribution in [0.5, 0.6) is 0 Å². The minimum absolute atomic E-state index is 0.156. The fourth-order valence-corrected chi connectivity index (χ4v) is 5.65. The summed E-state index contributed by atoms with van der Waals surface area (Å²) in [7, 11) is -3.66. The molecule has 0 aromatic heterocycles. The first-order chi connectivity index (χ1) is 14.7. The summed E-state index contributed by atoms with van der Waals surface area (Å²) in [6.07, 6.45) is 0. The molecule has 4 rings (SSSR count). The Bertz CT molecular complexity index is 1150. The number of aryl methyl sites for hydroxylation is 2. The Balaban J connectivity index is 1.41. The van der Waals surface area contributed by atoms with E-state index in [0.29, 0.717) is 16.7 Å². The lowest BCUT2D eigenvalue weighted by molar-refractivity contribution is -0.132. The average Bonchev–Trinajstić information content (AvgIpc) is 3.00. The van der Waals surface area contributed by atoms with Crippen molar-refractivity contribution in [2.45, 2.75) is 18.7 Å². The first-order valence-electron chi connectivity index (χ1n) is 10.0. The summed E-state index contributed by atoms with van der Waals surface area (Å²) in [5.74, 6) is -1.34. The van der Waals surface area contributed by atoms with Gasteiger partial charge in [-0.2, -0.15) is 4.31 Å². The summed E-state index contributed by atoms with van der Waals surface area (Å²) in [6.45, 7) is 3.96. The van der Waals surface area contributed by atoms with Crippen molar-refractivity contribution >= 4 is 27.7 Å². The van der Waals surface area contributed by atoms with Gasteiger partial charge in [-0.1, -0.05) is 24.3 Å². The Morgan fingerprint density at radius 2 is 1.48 bits per heavy atom. The zero-order valence-corrected chi connectivity index (χ0v) is 18.2. The molecule has 9 heteroatoms. The van der Waals surface area contributed by atoms with Crippen LogP contribution in [0.1, 0.15) is 31.8 Å². The van der Waals surface area contributed by atoms with Gasteiger partial charge in [0.1, 0.15) is 6.54 Å². The van der Waals surface area contributed by atoms with Gasteiger partial charge in [-0.15, -0.1) is 0 Å². The number of rotatable bonds is 4. The van der Waals surface area contributed by atoms with E-state index >= 15 is 0 Å². The molecule has 2 aromatic carbocycles. The van der Waals surface area contributed by atoms with Gasteiger partial charge in [0.15, 0.2) is 0 Å². The highest BCUT2D eigenvalue weighted by molar-refractivity contribution is 7.89. The number of hydrogen-bond acceptors (Lipinski definition) is 5. The van der Waals surface area contributed by atoms with Crippen molar-refractivity contribution < 1.29 is 22.8 Å². The van der Waals surface area contributed by atoms with Crippen LogP contribution in [-0.4, -0.2) is 73.0 Å². The van der Waals surface area contributed by atoms with Crippen LogP contribution < -0.4 is 0 Å². The van der Waals surface area contributed by atoms with Crippen molar-refractivity contribution in [2.75, 3.05) is 32.7 Å². The molecule has 0 saturated carbocycles. The topological polar surface area (TPSA) is 95.1 Å². The van der Waals surface area contributed by atoms with Crippen LogP contribution in [0.2, 0.25) is 0 Å². The molecule has 162 valence electrons. The van der Waals surface area contributed by atoms with Crippen molar-refractivity contribution in [1.29, 1.82) is 0 Å². The van der Waals surface area contributed by atoms with Crippen LogP contribution in [0.25, 0.3) is 0 Å².